The monoisotopic (exact) mass is 1620 g/mol. The number of rotatable bonds is 16. The molecule has 0 atom stereocenters. The first-order chi connectivity index (χ1) is 45.4. The summed E-state index contributed by atoms with van der Waals surface area (Å²) in [7, 11) is 0. The van der Waals surface area contributed by atoms with Crippen LogP contribution < -0.4 is 0 Å². The van der Waals surface area contributed by atoms with Crippen molar-refractivity contribution in [3.8, 4) is 56.6 Å². The molecule has 0 aliphatic carbocycles. The van der Waals surface area contributed by atoms with E-state index in [1.54, 1.807) is 0 Å². The van der Waals surface area contributed by atoms with Gasteiger partial charge in [-0.1, -0.05) is 83.1 Å². The summed E-state index contributed by atoms with van der Waals surface area (Å²) in [6, 6.07) is 38.9. The third-order valence-corrected chi connectivity index (χ3v) is 34.0. The van der Waals surface area contributed by atoms with Gasteiger partial charge in [-0.3, -0.25) is 0 Å². The van der Waals surface area contributed by atoms with Gasteiger partial charge in [-0.2, -0.15) is 0 Å². The number of phenolic OH excluding ortho intramolecular Hbond substituents is 2. The smallest absolute Gasteiger partial charge is 0 e. The maximum atomic E-state index is 16.4. The fourth-order valence-corrected chi connectivity index (χ4v) is 23.8. The Morgan fingerprint density at radius 2 is 0.608 bits per heavy atom. The van der Waals surface area contributed by atoms with Crippen LogP contribution in [0.4, 0.5) is 17.6 Å². The van der Waals surface area contributed by atoms with Gasteiger partial charge in [0.1, 0.15) is 0 Å². The molecule has 10 aromatic rings. The fourth-order valence-electron chi connectivity index (χ4n) is 15.7. The van der Waals surface area contributed by atoms with Gasteiger partial charge < -0.3 is 14.9 Å². The number of aromatic nitrogens is 2. The van der Waals surface area contributed by atoms with E-state index in [0.717, 1.165) is 79.7 Å². The second-order valence-electron chi connectivity index (χ2n) is 37.4. The predicted octanol–water partition coefficient (Wildman–Crippen LogP) is 26.2. The Morgan fingerprint density at radius 3 is 0.843 bits per heavy atom. The van der Waals surface area contributed by atoms with Gasteiger partial charge in [0.25, 0.3) is 0 Å². The van der Waals surface area contributed by atoms with Crippen LogP contribution in [-0.2, 0) is 58.3 Å². The average Bonchev–Trinajstić information content (AvgIpc) is 1.52. The SMILES string of the molecule is C[CH](C)[Ge]([CH2][OH+]c1cc(F)c(F)cc1-c1cc(C(C)(C)CC(C)(C)C)cc(-n2c3ccc(C(C)(C)C)cc3c3cc(C(C)(C)C)ccc32)c1O)([CH2][OH+]c1cc(F)c(F)cc1-c1cc(C(C)(C)CC(C)(C)C)cc(-n2c3ccc(C(C)(C)C)cc3c3cc(C(C)(C)C)ccc32)c1O)[CH](C)C.[CH3-].[CH3-].[Hf]. The molecule has 548 valence electrons. The molecule has 0 fully saturated rings. The Labute approximate surface area is 630 Å². The van der Waals surface area contributed by atoms with E-state index in [2.05, 4.69) is 274 Å². The molecule has 6 nitrogen and oxygen atoms in total. The van der Waals surface area contributed by atoms with E-state index in [-0.39, 0.29) is 128 Å². The molecule has 0 aliphatic rings. The third kappa shape index (κ3) is 16.4. The van der Waals surface area contributed by atoms with Crippen molar-refractivity contribution >= 4 is 56.9 Å². The van der Waals surface area contributed by atoms with Crippen LogP contribution >= 0.6 is 0 Å². The molecule has 2 aromatic heterocycles. The van der Waals surface area contributed by atoms with E-state index in [0.29, 0.717) is 22.5 Å². The average molecular weight is 1620 g/mol. The van der Waals surface area contributed by atoms with Crippen LogP contribution in [-0.4, -0.2) is 53.0 Å². The second-order valence-corrected chi connectivity index (χ2v) is 48.7. The summed E-state index contributed by atoms with van der Waals surface area (Å²) in [5.41, 5.74) is 10.8. The first kappa shape index (κ1) is 83.0. The standard InChI is InChI=1S/C88H110F4GeN2O4.2CH3.Hf/c1-51(2)93(52(3)4,49-98-77-45-69(91)67(89)43-63(77)65-39-57(87(23,24)47-81(5,6)7)41-75(79(65)96)94-71-31-27-53(83(11,12)13)35-59(71)60-36-54(84(14,15)16)28-32-72(60)94)50-99-78-46-70(92)68(90)44-64(78)66-40-58(88(25,26)48-82(8,9)10)42-76(80(66)97)95-73-33-29-55(85(17,18)19)37-61(73)62-38-56(86(20,21)22)30-34-74(62)95;;;/h27-46,51-52,96-97H,47-50H2,1-26H3;2*1H3;/q;2*-1;/p+2. The van der Waals surface area contributed by atoms with Crippen molar-refractivity contribution in [1.82, 2.24) is 9.13 Å². The number of nitrogens with zero attached hydrogens (tertiary/aromatic N) is 2. The topological polar surface area (TPSA) is 75.9 Å². The van der Waals surface area contributed by atoms with Gasteiger partial charge in [0, 0.05) is 25.8 Å². The van der Waals surface area contributed by atoms with Crippen LogP contribution in [0.15, 0.2) is 121 Å². The molecular weight excluding hydrogens is 1500 g/mol. The number of aromatic hydroxyl groups is 4. The molecule has 0 saturated heterocycles. The van der Waals surface area contributed by atoms with E-state index in [1.165, 1.54) is 34.4 Å². The molecule has 0 bridgehead atoms. The minimum Gasteiger partial charge on any atom is -0.358 e. The van der Waals surface area contributed by atoms with Crippen LogP contribution in [0.2, 0.25) is 9.50 Å². The summed E-state index contributed by atoms with van der Waals surface area (Å²) in [6.07, 6.45) is 1.52. The molecule has 0 spiro atoms. The normalized spacial score (nSPS) is 13.2. The van der Waals surface area contributed by atoms with Crippen molar-refractivity contribution in [2.75, 3.05) is 10.9 Å². The summed E-state index contributed by atoms with van der Waals surface area (Å²) in [5, 5.41) is 30.7. The van der Waals surface area contributed by atoms with Gasteiger partial charge in [0.05, 0.1) is 0 Å². The summed E-state index contributed by atoms with van der Waals surface area (Å²) in [4.78, 5) is 0. The van der Waals surface area contributed by atoms with E-state index < -0.39 is 47.4 Å². The van der Waals surface area contributed by atoms with Gasteiger partial charge in [-0.15, -0.1) is 0 Å². The van der Waals surface area contributed by atoms with Crippen molar-refractivity contribution in [2.24, 2.45) is 10.8 Å². The zero-order valence-corrected chi connectivity index (χ0v) is 72.4. The van der Waals surface area contributed by atoms with Crippen LogP contribution in [0, 0.1) is 49.0 Å². The number of phenols is 2. The van der Waals surface area contributed by atoms with E-state index >= 15 is 17.6 Å². The maximum Gasteiger partial charge on any atom is 0 e. The minimum atomic E-state index is -3.74. The van der Waals surface area contributed by atoms with Gasteiger partial charge in [-0.25, -0.2) is 0 Å². The number of halogens is 4. The summed E-state index contributed by atoms with van der Waals surface area (Å²) in [6.45, 7) is 57.1. The minimum absolute atomic E-state index is 0. The Kier molecular flexibility index (Phi) is 23.5. The number of fused-ring (bicyclic) bond motifs is 6. The molecular formula is C90H118F4GeHfN2O4. The first-order valence-corrected chi connectivity index (χ1v) is 41.1. The van der Waals surface area contributed by atoms with Crippen LogP contribution in [0.1, 0.15) is 226 Å². The Bertz CT molecular complexity index is 4330. The van der Waals surface area contributed by atoms with E-state index in [4.69, 9.17) is 9.47 Å². The van der Waals surface area contributed by atoms with Crippen molar-refractivity contribution in [1.29, 1.82) is 0 Å². The van der Waals surface area contributed by atoms with Crippen molar-refractivity contribution in [2.45, 2.75) is 235 Å². The molecule has 0 radical (unpaired) electrons. The molecule has 12 heteroatoms. The van der Waals surface area contributed by atoms with Crippen molar-refractivity contribution < 1.29 is 63.1 Å². The van der Waals surface area contributed by atoms with Gasteiger partial charge >= 0.3 is 490 Å². The molecule has 10 rings (SSSR count). The summed E-state index contributed by atoms with van der Waals surface area (Å²) in [5.74, 6) is -4.15. The zero-order valence-electron chi connectivity index (χ0n) is 66.7. The van der Waals surface area contributed by atoms with Gasteiger partial charge in [0.2, 0.25) is 0 Å². The van der Waals surface area contributed by atoms with Crippen LogP contribution in [0.3, 0.4) is 0 Å². The predicted molar refractivity (Wildman–Crippen MR) is 426 cm³/mol. The quantitative estimate of drug-likeness (QED) is 0.0438. The molecule has 0 amide bonds. The van der Waals surface area contributed by atoms with E-state index in [9.17, 15) is 10.2 Å². The molecule has 8 aromatic carbocycles. The third-order valence-electron chi connectivity index (χ3n) is 21.2. The Morgan fingerprint density at radius 1 is 0.353 bits per heavy atom. The van der Waals surface area contributed by atoms with Gasteiger partial charge in [-0.05, 0) is 21.7 Å². The number of aliphatic hydroxyl groups is 2. The van der Waals surface area contributed by atoms with Crippen molar-refractivity contribution in [3.63, 3.8) is 0 Å². The number of benzene rings is 8. The van der Waals surface area contributed by atoms with Crippen LogP contribution in [0.25, 0.3) is 77.2 Å². The molecule has 0 aliphatic heterocycles. The molecule has 4 N–H and O–H groups in total. The maximum absolute atomic E-state index is 16.4. The second kappa shape index (κ2) is 28.9. The molecule has 0 saturated carbocycles. The van der Waals surface area contributed by atoms with Crippen LogP contribution in [0.5, 0.6) is 23.0 Å². The molecule has 2 heterocycles. The Hall–Kier alpha value is -6.31. The number of hydrogen-bond donors (Lipinski definition) is 2. The van der Waals surface area contributed by atoms with Gasteiger partial charge in [0.15, 0.2) is 0 Å². The zero-order chi connectivity index (χ0) is 73.4. The Balaban J connectivity index is 0.00000486. The molecule has 102 heavy (non-hydrogen) atoms. The summed E-state index contributed by atoms with van der Waals surface area (Å²) < 4.78 is 80.6. The molecule has 0 unspecified atom stereocenters. The number of ether oxygens (including phenoxy) is 2. The summed E-state index contributed by atoms with van der Waals surface area (Å²) >= 11 is -3.74. The van der Waals surface area contributed by atoms with E-state index in [1.807, 2.05) is 12.1 Å². The largest absolute Gasteiger partial charge is 0.358 e. The fraction of sp³-hybridized carbons (Fsp3) is 0.444. The first-order valence-electron chi connectivity index (χ1n) is 35.7. The van der Waals surface area contributed by atoms with Crippen molar-refractivity contribution in [3.05, 3.63) is 193 Å². The number of hydrogen-bond acceptors (Lipinski definition) is 2.